The average Bonchev–Trinajstić information content (AvgIpc) is 2.45. The molecule has 0 unspecified atom stereocenters. The summed E-state index contributed by atoms with van der Waals surface area (Å²) >= 11 is 0. The molecule has 1 heterocycles. The van der Waals surface area contributed by atoms with Crippen LogP contribution in [0.15, 0.2) is 24.3 Å². The molecule has 0 aliphatic rings. The molecule has 6 nitrogen and oxygen atoms in total. The second-order valence-corrected chi connectivity index (χ2v) is 6.94. The van der Waals surface area contributed by atoms with E-state index in [1.807, 2.05) is 18.2 Å². The molecule has 112 valence electrons. The standard InChI is InChI=1S/C14H17N3O3S/c1-10-13(9-21(19,20)8-7-14(18)15-2)17-12-6-4-3-5-11(12)16-10/h3-6H,7-9H2,1-2H3,(H,15,18). The summed E-state index contributed by atoms with van der Waals surface area (Å²) in [5.41, 5.74) is 2.43. The molecule has 1 aromatic heterocycles. The monoisotopic (exact) mass is 307 g/mol. The number of hydrogen-bond acceptors (Lipinski definition) is 5. The second-order valence-electron chi connectivity index (χ2n) is 4.76. The van der Waals surface area contributed by atoms with E-state index in [2.05, 4.69) is 15.3 Å². The Hall–Kier alpha value is -2.02. The third-order valence-electron chi connectivity index (χ3n) is 3.12. The van der Waals surface area contributed by atoms with Crippen LogP contribution >= 0.6 is 0 Å². The van der Waals surface area contributed by atoms with Gasteiger partial charge in [-0.15, -0.1) is 0 Å². The number of carbonyl (C=O) groups excluding carboxylic acids is 1. The predicted octanol–water partition coefficient (Wildman–Crippen LogP) is 0.989. The average molecular weight is 307 g/mol. The Morgan fingerprint density at radius 1 is 1.19 bits per heavy atom. The van der Waals surface area contributed by atoms with Gasteiger partial charge in [0.2, 0.25) is 5.91 Å². The van der Waals surface area contributed by atoms with Gasteiger partial charge in [0, 0.05) is 13.5 Å². The molecule has 0 aliphatic heterocycles. The minimum Gasteiger partial charge on any atom is -0.359 e. The number of fused-ring (bicyclic) bond motifs is 1. The Morgan fingerprint density at radius 3 is 2.43 bits per heavy atom. The Morgan fingerprint density at radius 2 is 1.81 bits per heavy atom. The molecule has 0 aliphatic carbocycles. The number of rotatable bonds is 5. The van der Waals surface area contributed by atoms with Crippen molar-refractivity contribution in [1.29, 1.82) is 0 Å². The van der Waals surface area contributed by atoms with Crippen molar-refractivity contribution < 1.29 is 13.2 Å². The van der Waals surface area contributed by atoms with Crippen LogP contribution in [0.4, 0.5) is 0 Å². The topological polar surface area (TPSA) is 89.0 Å². The van der Waals surface area contributed by atoms with E-state index in [-0.39, 0.29) is 23.8 Å². The molecule has 0 fully saturated rings. The van der Waals surface area contributed by atoms with E-state index in [1.165, 1.54) is 7.05 Å². The lowest BCUT2D eigenvalue weighted by Gasteiger charge is -2.07. The lowest BCUT2D eigenvalue weighted by atomic mass is 10.2. The normalized spacial score (nSPS) is 11.5. The number of carbonyl (C=O) groups is 1. The zero-order valence-corrected chi connectivity index (χ0v) is 12.8. The molecule has 0 saturated heterocycles. The lowest BCUT2D eigenvalue weighted by Crippen LogP contribution is -2.22. The van der Waals surface area contributed by atoms with Crippen LogP contribution in [0.1, 0.15) is 17.8 Å². The highest BCUT2D eigenvalue weighted by Crippen LogP contribution is 2.15. The SMILES string of the molecule is CNC(=O)CCS(=O)(=O)Cc1nc2ccccc2nc1C. The fourth-order valence-electron chi connectivity index (χ4n) is 1.92. The highest BCUT2D eigenvalue weighted by Gasteiger charge is 2.17. The number of aromatic nitrogens is 2. The van der Waals surface area contributed by atoms with E-state index in [4.69, 9.17) is 0 Å². The zero-order chi connectivity index (χ0) is 15.5. The minimum absolute atomic E-state index is 0.0428. The van der Waals surface area contributed by atoms with E-state index >= 15 is 0 Å². The van der Waals surface area contributed by atoms with E-state index in [0.29, 0.717) is 16.9 Å². The first-order valence-corrected chi connectivity index (χ1v) is 8.37. The van der Waals surface area contributed by atoms with Crippen LogP contribution < -0.4 is 5.32 Å². The number of aryl methyl sites for hydroxylation is 1. The number of para-hydroxylation sites is 2. The minimum atomic E-state index is -3.39. The fraction of sp³-hybridized carbons (Fsp3) is 0.357. The molecular weight excluding hydrogens is 290 g/mol. The van der Waals surface area contributed by atoms with Crippen molar-refractivity contribution in [2.75, 3.05) is 12.8 Å². The van der Waals surface area contributed by atoms with Crippen molar-refractivity contribution >= 4 is 26.8 Å². The number of amides is 1. The van der Waals surface area contributed by atoms with Crippen molar-refractivity contribution in [3.8, 4) is 0 Å². The van der Waals surface area contributed by atoms with E-state index in [9.17, 15) is 13.2 Å². The number of sulfone groups is 1. The quantitative estimate of drug-likeness (QED) is 0.889. The smallest absolute Gasteiger partial charge is 0.220 e. The summed E-state index contributed by atoms with van der Waals surface area (Å²) in [4.78, 5) is 19.9. The summed E-state index contributed by atoms with van der Waals surface area (Å²) in [5.74, 6) is -0.686. The van der Waals surface area contributed by atoms with E-state index in [1.54, 1.807) is 13.0 Å². The van der Waals surface area contributed by atoms with Gasteiger partial charge in [-0.25, -0.2) is 18.4 Å². The highest BCUT2D eigenvalue weighted by molar-refractivity contribution is 7.90. The van der Waals surface area contributed by atoms with Gasteiger partial charge in [0.15, 0.2) is 9.84 Å². The molecule has 7 heteroatoms. The summed E-state index contributed by atoms with van der Waals surface area (Å²) < 4.78 is 24.1. The van der Waals surface area contributed by atoms with Crippen LogP contribution in [0.5, 0.6) is 0 Å². The largest absolute Gasteiger partial charge is 0.359 e. The number of benzene rings is 1. The van der Waals surface area contributed by atoms with Gasteiger partial charge in [0.1, 0.15) is 0 Å². The van der Waals surface area contributed by atoms with Crippen LogP contribution in [0, 0.1) is 6.92 Å². The van der Waals surface area contributed by atoms with E-state index < -0.39 is 9.84 Å². The summed E-state index contributed by atoms with van der Waals surface area (Å²) in [5, 5.41) is 2.41. The number of nitrogens with zero attached hydrogens (tertiary/aromatic N) is 2. The Labute approximate surface area is 123 Å². The van der Waals surface area contributed by atoms with Crippen LogP contribution in [-0.2, 0) is 20.4 Å². The first kappa shape index (κ1) is 15.4. The van der Waals surface area contributed by atoms with Crippen molar-refractivity contribution in [2.24, 2.45) is 0 Å². The first-order valence-electron chi connectivity index (χ1n) is 6.54. The van der Waals surface area contributed by atoms with Crippen LogP contribution in [0.2, 0.25) is 0 Å². The molecule has 2 aromatic rings. The van der Waals surface area contributed by atoms with Crippen molar-refractivity contribution in [3.63, 3.8) is 0 Å². The molecule has 1 N–H and O–H groups in total. The lowest BCUT2D eigenvalue weighted by molar-refractivity contribution is -0.120. The van der Waals surface area contributed by atoms with Gasteiger partial charge in [-0.3, -0.25) is 4.79 Å². The van der Waals surface area contributed by atoms with Crippen LogP contribution in [0.3, 0.4) is 0 Å². The van der Waals surface area contributed by atoms with Crippen LogP contribution in [0.25, 0.3) is 11.0 Å². The van der Waals surface area contributed by atoms with Crippen molar-refractivity contribution in [2.45, 2.75) is 19.1 Å². The molecule has 0 radical (unpaired) electrons. The predicted molar refractivity (Wildman–Crippen MR) is 80.4 cm³/mol. The summed E-state index contributed by atoms with van der Waals surface area (Å²) in [6, 6.07) is 7.31. The Balaban J connectivity index is 2.22. The molecule has 0 bridgehead atoms. The Bertz CT molecular complexity index is 772. The fourth-order valence-corrected chi connectivity index (χ4v) is 3.25. The summed E-state index contributed by atoms with van der Waals surface area (Å²) in [7, 11) is -1.91. The highest BCUT2D eigenvalue weighted by atomic mass is 32.2. The van der Waals surface area contributed by atoms with Gasteiger partial charge in [0.05, 0.1) is 33.9 Å². The van der Waals surface area contributed by atoms with Gasteiger partial charge in [-0.05, 0) is 19.1 Å². The first-order chi connectivity index (χ1) is 9.91. The Kier molecular flexibility index (Phi) is 4.52. The summed E-state index contributed by atoms with van der Waals surface area (Å²) in [6.07, 6.45) is -0.0428. The van der Waals surface area contributed by atoms with Gasteiger partial charge in [0.25, 0.3) is 0 Å². The molecule has 0 saturated carbocycles. The third kappa shape index (κ3) is 3.98. The number of nitrogens with one attached hydrogen (secondary N) is 1. The zero-order valence-electron chi connectivity index (χ0n) is 12.0. The van der Waals surface area contributed by atoms with E-state index in [0.717, 1.165) is 5.52 Å². The van der Waals surface area contributed by atoms with Gasteiger partial charge in [-0.1, -0.05) is 12.1 Å². The molecular formula is C14H17N3O3S. The molecule has 0 spiro atoms. The molecule has 1 aromatic carbocycles. The maximum absolute atomic E-state index is 12.1. The van der Waals surface area contributed by atoms with Gasteiger partial charge < -0.3 is 5.32 Å². The molecule has 2 rings (SSSR count). The third-order valence-corrected chi connectivity index (χ3v) is 4.66. The number of hydrogen-bond donors (Lipinski definition) is 1. The molecule has 1 amide bonds. The molecule has 0 atom stereocenters. The van der Waals surface area contributed by atoms with Gasteiger partial charge >= 0.3 is 0 Å². The summed E-state index contributed by atoms with van der Waals surface area (Å²) in [6.45, 7) is 1.74. The molecule has 21 heavy (non-hydrogen) atoms. The second kappa shape index (κ2) is 6.17. The van der Waals surface area contributed by atoms with Crippen LogP contribution in [-0.4, -0.2) is 37.1 Å². The maximum atomic E-state index is 12.1. The van der Waals surface area contributed by atoms with Crippen molar-refractivity contribution in [3.05, 3.63) is 35.7 Å². The maximum Gasteiger partial charge on any atom is 0.220 e. The van der Waals surface area contributed by atoms with Crippen molar-refractivity contribution in [1.82, 2.24) is 15.3 Å². The van der Waals surface area contributed by atoms with Gasteiger partial charge in [-0.2, -0.15) is 0 Å².